The summed E-state index contributed by atoms with van der Waals surface area (Å²) in [6, 6.07) is 7.34. The zero-order valence-electron chi connectivity index (χ0n) is 15.5. The van der Waals surface area contributed by atoms with Gasteiger partial charge in [0, 0.05) is 26.2 Å². The van der Waals surface area contributed by atoms with Gasteiger partial charge in [-0.05, 0) is 44.5 Å². The summed E-state index contributed by atoms with van der Waals surface area (Å²) in [7, 11) is 5.96. The lowest BCUT2D eigenvalue weighted by Crippen LogP contribution is -2.46. The summed E-state index contributed by atoms with van der Waals surface area (Å²) in [6.07, 6.45) is 1.77. The maximum atomic E-state index is 13.6. The van der Waals surface area contributed by atoms with Crippen LogP contribution in [0.5, 0.6) is 0 Å². The highest BCUT2D eigenvalue weighted by Gasteiger charge is 2.13. The second-order valence-electron chi connectivity index (χ2n) is 6.47. The first-order chi connectivity index (χ1) is 10.9. The number of rotatable bonds is 8. The molecule has 0 aliphatic heterocycles. The van der Waals surface area contributed by atoms with Crippen molar-refractivity contribution < 1.29 is 4.39 Å². The minimum absolute atomic E-state index is 0. The maximum absolute atomic E-state index is 13.6. The van der Waals surface area contributed by atoms with Crippen LogP contribution in [-0.2, 0) is 6.42 Å². The zero-order chi connectivity index (χ0) is 17.2. The van der Waals surface area contributed by atoms with E-state index < -0.39 is 0 Å². The van der Waals surface area contributed by atoms with Gasteiger partial charge < -0.3 is 15.5 Å². The summed E-state index contributed by atoms with van der Waals surface area (Å²) in [4.78, 5) is 6.47. The Labute approximate surface area is 163 Å². The van der Waals surface area contributed by atoms with Crippen LogP contribution in [0, 0.1) is 11.7 Å². The average molecular weight is 450 g/mol. The first-order valence-corrected chi connectivity index (χ1v) is 8.28. The molecule has 1 unspecified atom stereocenters. The Bertz CT molecular complexity index is 492. The summed E-state index contributed by atoms with van der Waals surface area (Å²) in [6.45, 7) is 5.96. The SMILES string of the molecule is CN=C(NCCc1ccccc1F)NCC(CC(C)C)N(C)C.I. The molecule has 24 heavy (non-hydrogen) atoms. The molecule has 0 aliphatic carbocycles. The molecule has 0 saturated heterocycles. The highest BCUT2D eigenvalue weighted by molar-refractivity contribution is 14.0. The molecule has 0 heterocycles. The minimum atomic E-state index is -0.151. The molecule has 4 nitrogen and oxygen atoms in total. The molecule has 1 aromatic rings. The molecule has 1 atom stereocenters. The molecule has 138 valence electrons. The molecule has 0 fully saturated rings. The molecule has 0 aromatic heterocycles. The van der Waals surface area contributed by atoms with Crippen molar-refractivity contribution in [2.45, 2.75) is 32.7 Å². The van der Waals surface area contributed by atoms with Crippen LogP contribution in [0.25, 0.3) is 0 Å². The smallest absolute Gasteiger partial charge is 0.191 e. The van der Waals surface area contributed by atoms with E-state index in [1.54, 1.807) is 13.1 Å². The minimum Gasteiger partial charge on any atom is -0.356 e. The normalized spacial score (nSPS) is 12.9. The predicted molar refractivity (Wildman–Crippen MR) is 112 cm³/mol. The lowest BCUT2D eigenvalue weighted by Gasteiger charge is -2.27. The van der Waals surface area contributed by atoms with Gasteiger partial charge in [-0.25, -0.2) is 4.39 Å². The fourth-order valence-corrected chi connectivity index (χ4v) is 2.47. The highest BCUT2D eigenvalue weighted by Crippen LogP contribution is 2.08. The number of likely N-dealkylation sites (N-methyl/N-ethyl adjacent to an activating group) is 1. The predicted octanol–water partition coefficient (Wildman–Crippen LogP) is 3.13. The van der Waals surface area contributed by atoms with Gasteiger partial charge in [0.15, 0.2) is 5.96 Å². The van der Waals surface area contributed by atoms with Crippen molar-refractivity contribution in [3.63, 3.8) is 0 Å². The third-order valence-corrected chi connectivity index (χ3v) is 3.85. The number of aliphatic imine (C=N–C) groups is 1. The molecular weight excluding hydrogens is 418 g/mol. The van der Waals surface area contributed by atoms with Crippen molar-refractivity contribution in [3.8, 4) is 0 Å². The van der Waals surface area contributed by atoms with Crippen LogP contribution >= 0.6 is 24.0 Å². The van der Waals surface area contributed by atoms with Gasteiger partial charge in [0.2, 0.25) is 0 Å². The lowest BCUT2D eigenvalue weighted by molar-refractivity contribution is 0.254. The van der Waals surface area contributed by atoms with E-state index >= 15 is 0 Å². The number of hydrogen-bond acceptors (Lipinski definition) is 2. The van der Waals surface area contributed by atoms with E-state index in [9.17, 15) is 4.39 Å². The first-order valence-electron chi connectivity index (χ1n) is 8.28. The number of nitrogens with one attached hydrogen (secondary N) is 2. The van der Waals surface area contributed by atoms with Crippen molar-refractivity contribution in [1.82, 2.24) is 15.5 Å². The average Bonchev–Trinajstić information content (AvgIpc) is 2.50. The van der Waals surface area contributed by atoms with E-state index in [1.807, 2.05) is 12.1 Å². The molecule has 0 bridgehead atoms. The fourth-order valence-electron chi connectivity index (χ4n) is 2.47. The molecule has 1 rings (SSSR count). The molecule has 0 radical (unpaired) electrons. The van der Waals surface area contributed by atoms with Gasteiger partial charge in [-0.3, -0.25) is 4.99 Å². The Hall–Kier alpha value is -0.890. The van der Waals surface area contributed by atoms with Crippen molar-refractivity contribution >= 4 is 29.9 Å². The lowest BCUT2D eigenvalue weighted by atomic mass is 10.0. The maximum Gasteiger partial charge on any atom is 0.191 e. The van der Waals surface area contributed by atoms with E-state index in [-0.39, 0.29) is 29.8 Å². The number of guanidine groups is 1. The van der Waals surface area contributed by atoms with E-state index in [2.05, 4.69) is 48.5 Å². The summed E-state index contributed by atoms with van der Waals surface area (Å²) in [5.41, 5.74) is 0.724. The van der Waals surface area contributed by atoms with Gasteiger partial charge in [0.1, 0.15) is 5.82 Å². The van der Waals surface area contributed by atoms with E-state index in [0.717, 1.165) is 24.5 Å². The Morgan fingerprint density at radius 1 is 1.21 bits per heavy atom. The van der Waals surface area contributed by atoms with Crippen LogP contribution in [0.4, 0.5) is 4.39 Å². The second-order valence-corrected chi connectivity index (χ2v) is 6.47. The fraction of sp³-hybridized carbons (Fsp3) is 0.611. The number of nitrogens with zero attached hydrogens (tertiary/aromatic N) is 2. The number of hydrogen-bond donors (Lipinski definition) is 2. The molecule has 0 aliphatic rings. The summed E-state index contributed by atoms with van der Waals surface area (Å²) in [5, 5.41) is 6.61. The van der Waals surface area contributed by atoms with Gasteiger partial charge in [0.25, 0.3) is 0 Å². The zero-order valence-corrected chi connectivity index (χ0v) is 17.8. The molecule has 6 heteroatoms. The highest BCUT2D eigenvalue weighted by atomic mass is 127. The summed E-state index contributed by atoms with van der Waals surface area (Å²) in [5.74, 6) is 1.26. The Balaban J connectivity index is 0.00000529. The largest absolute Gasteiger partial charge is 0.356 e. The molecule has 0 spiro atoms. The van der Waals surface area contributed by atoms with Crippen molar-refractivity contribution in [2.24, 2.45) is 10.9 Å². The Morgan fingerprint density at radius 3 is 2.42 bits per heavy atom. The summed E-state index contributed by atoms with van der Waals surface area (Å²) < 4.78 is 13.6. The third-order valence-electron chi connectivity index (χ3n) is 3.85. The molecular formula is C18H32FIN4. The number of halogens is 2. The van der Waals surface area contributed by atoms with Crippen LogP contribution in [-0.4, -0.2) is 51.1 Å². The van der Waals surface area contributed by atoms with Crippen LogP contribution in [0.3, 0.4) is 0 Å². The quantitative estimate of drug-likeness (QED) is 0.363. The van der Waals surface area contributed by atoms with Crippen LogP contribution < -0.4 is 10.6 Å². The topological polar surface area (TPSA) is 39.7 Å². The first kappa shape index (κ1) is 23.1. The Morgan fingerprint density at radius 2 is 1.88 bits per heavy atom. The number of benzene rings is 1. The van der Waals surface area contributed by atoms with Gasteiger partial charge in [-0.15, -0.1) is 24.0 Å². The van der Waals surface area contributed by atoms with Gasteiger partial charge in [-0.1, -0.05) is 32.0 Å². The Kier molecular flexibility index (Phi) is 12.0. The standard InChI is InChI=1S/C18H31FN4.HI/c1-14(2)12-16(23(4)5)13-22-18(20-3)21-11-10-15-8-6-7-9-17(15)19;/h6-9,14,16H,10-13H2,1-5H3,(H2,20,21,22);1H. The second kappa shape index (κ2) is 12.5. The molecule has 1 aromatic carbocycles. The molecule has 0 saturated carbocycles. The summed E-state index contributed by atoms with van der Waals surface area (Å²) >= 11 is 0. The molecule has 0 amide bonds. The van der Waals surface area contributed by atoms with E-state index in [1.165, 1.54) is 6.07 Å². The monoisotopic (exact) mass is 450 g/mol. The van der Waals surface area contributed by atoms with Gasteiger partial charge in [-0.2, -0.15) is 0 Å². The van der Waals surface area contributed by atoms with E-state index in [4.69, 9.17) is 0 Å². The van der Waals surface area contributed by atoms with Crippen molar-refractivity contribution in [2.75, 3.05) is 34.2 Å². The van der Waals surface area contributed by atoms with Crippen LogP contribution in [0.1, 0.15) is 25.8 Å². The van der Waals surface area contributed by atoms with Crippen molar-refractivity contribution in [3.05, 3.63) is 35.6 Å². The van der Waals surface area contributed by atoms with Gasteiger partial charge in [0.05, 0.1) is 0 Å². The molecule has 2 N–H and O–H groups in total. The van der Waals surface area contributed by atoms with Crippen molar-refractivity contribution in [1.29, 1.82) is 0 Å². The van der Waals surface area contributed by atoms with Gasteiger partial charge >= 0.3 is 0 Å². The van der Waals surface area contributed by atoms with Crippen LogP contribution in [0.2, 0.25) is 0 Å². The third kappa shape index (κ3) is 8.82. The van der Waals surface area contributed by atoms with E-state index in [0.29, 0.717) is 24.9 Å². The van der Waals surface area contributed by atoms with Crippen LogP contribution in [0.15, 0.2) is 29.3 Å².